The second-order valence-electron chi connectivity index (χ2n) is 5.44. The number of carbonyl (C=O) groups excluding carboxylic acids is 2. The molecule has 0 aromatic carbocycles. The number of hydrogen-bond donors (Lipinski definition) is 3. The highest BCUT2D eigenvalue weighted by Gasteiger charge is 2.63. The molecule has 4 rings (SSSR count). The zero-order valence-electron chi connectivity index (χ0n) is 10.3. The van der Waals surface area contributed by atoms with E-state index < -0.39 is 11.8 Å². The number of urea groups is 1. The van der Waals surface area contributed by atoms with Crippen molar-refractivity contribution in [1.82, 2.24) is 20.1 Å². The summed E-state index contributed by atoms with van der Waals surface area (Å²) < 4.78 is 1.89. The van der Waals surface area contributed by atoms with Gasteiger partial charge >= 0.3 is 6.03 Å². The van der Waals surface area contributed by atoms with Gasteiger partial charge < -0.3 is 20.3 Å². The third-order valence-electron chi connectivity index (χ3n) is 4.61. The molecular weight excluding hydrogens is 248 g/mol. The second-order valence-corrected chi connectivity index (χ2v) is 5.44. The topological polar surface area (TPSA) is 86.6 Å². The molecule has 3 amide bonds. The molecule has 3 aliphatic rings. The first-order valence-electron chi connectivity index (χ1n) is 6.27. The smallest absolute Gasteiger partial charge is 0.319 e. The fraction of sp³-hybridized carbons (Fsp3) is 0.500. The summed E-state index contributed by atoms with van der Waals surface area (Å²) in [5.41, 5.74) is -0.648. The van der Waals surface area contributed by atoms with Gasteiger partial charge in [-0.3, -0.25) is 9.69 Å². The fourth-order valence-electron chi connectivity index (χ4n) is 3.58. The predicted octanol–water partition coefficient (Wildman–Crippen LogP) is -0.743. The summed E-state index contributed by atoms with van der Waals surface area (Å²) in [6.07, 6.45) is 2.25. The first-order valence-corrected chi connectivity index (χ1v) is 6.27. The molecule has 0 unspecified atom stereocenters. The molecule has 3 heterocycles. The van der Waals surface area contributed by atoms with Crippen molar-refractivity contribution in [1.29, 1.82) is 0 Å². The maximum absolute atomic E-state index is 12.0. The molecule has 1 aliphatic carbocycles. The molecular formula is C12H14N4O3. The van der Waals surface area contributed by atoms with E-state index in [-0.39, 0.29) is 24.0 Å². The summed E-state index contributed by atoms with van der Waals surface area (Å²) in [5.74, 6) is -0.167. The van der Waals surface area contributed by atoms with E-state index in [4.69, 9.17) is 0 Å². The number of carbonyl (C=O) groups is 2. The third-order valence-corrected chi connectivity index (χ3v) is 4.61. The van der Waals surface area contributed by atoms with Crippen LogP contribution in [-0.4, -0.2) is 51.4 Å². The Hall–Kier alpha value is -2.02. The molecule has 2 aliphatic heterocycles. The van der Waals surface area contributed by atoms with Crippen LogP contribution in [0.1, 0.15) is 23.0 Å². The van der Waals surface area contributed by atoms with Crippen LogP contribution in [0, 0.1) is 0 Å². The number of fused-ring (bicyclic) bond motifs is 5. The molecule has 7 nitrogen and oxygen atoms in total. The van der Waals surface area contributed by atoms with E-state index in [1.54, 1.807) is 13.1 Å². The van der Waals surface area contributed by atoms with Crippen LogP contribution in [0.5, 0.6) is 0 Å². The highest BCUT2D eigenvalue weighted by Crippen LogP contribution is 2.44. The van der Waals surface area contributed by atoms with Crippen molar-refractivity contribution in [3.63, 3.8) is 0 Å². The van der Waals surface area contributed by atoms with Crippen molar-refractivity contribution in [3.05, 3.63) is 24.0 Å². The van der Waals surface area contributed by atoms with Crippen LogP contribution in [0.3, 0.4) is 0 Å². The number of nitrogens with zero attached hydrogens (tertiary/aromatic N) is 2. The highest BCUT2D eigenvalue weighted by molar-refractivity contribution is 5.94. The Labute approximate surface area is 109 Å². The molecule has 0 spiro atoms. The van der Waals surface area contributed by atoms with Crippen molar-refractivity contribution < 1.29 is 14.7 Å². The zero-order chi connectivity index (χ0) is 13.4. The van der Waals surface area contributed by atoms with Crippen LogP contribution >= 0.6 is 0 Å². The van der Waals surface area contributed by atoms with Crippen LogP contribution in [0.25, 0.3) is 0 Å². The van der Waals surface area contributed by atoms with E-state index in [1.165, 1.54) is 4.90 Å². The second kappa shape index (κ2) is 3.11. The minimum absolute atomic E-state index is 0.0410. The molecule has 7 heteroatoms. The van der Waals surface area contributed by atoms with Crippen molar-refractivity contribution >= 4 is 11.9 Å². The van der Waals surface area contributed by atoms with Crippen LogP contribution in [0.4, 0.5) is 4.79 Å². The van der Waals surface area contributed by atoms with Gasteiger partial charge in [-0.1, -0.05) is 0 Å². The molecule has 3 N–H and O–H groups in total. The lowest BCUT2D eigenvalue weighted by Gasteiger charge is -2.31. The zero-order valence-corrected chi connectivity index (χ0v) is 10.3. The summed E-state index contributed by atoms with van der Waals surface area (Å²) >= 11 is 0. The summed E-state index contributed by atoms with van der Waals surface area (Å²) in [6, 6.07) is 2.46. The number of amides is 3. The lowest BCUT2D eigenvalue weighted by Crippen LogP contribution is -2.56. The monoisotopic (exact) mass is 262 g/mol. The summed E-state index contributed by atoms with van der Waals surface area (Å²) in [5, 5.41) is 16.4. The molecule has 0 radical (unpaired) electrons. The van der Waals surface area contributed by atoms with Gasteiger partial charge in [0.15, 0.2) is 5.72 Å². The van der Waals surface area contributed by atoms with Gasteiger partial charge in [0.25, 0.3) is 5.91 Å². The standard InChI is InChI=1S/C12H14N4O3/c1-15-11(18)14-9-8-7(5-12(9,15)19)16-4-2-3-6(16)10(17)13-8/h2-4,7-9,19H,5H2,1H3,(H,13,17)(H,14,18)/t7-,8-,9+,12+/m1/s1. The summed E-state index contributed by atoms with van der Waals surface area (Å²) in [7, 11) is 1.57. The molecule has 19 heavy (non-hydrogen) atoms. The van der Waals surface area contributed by atoms with Crippen molar-refractivity contribution in [2.75, 3.05) is 7.05 Å². The van der Waals surface area contributed by atoms with Gasteiger partial charge in [-0.25, -0.2) is 4.79 Å². The molecule has 1 saturated heterocycles. The molecule has 2 fully saturated rings. The number of likely N-dealkylation sites (N-methyl/N-ethyl adjacent to an activating group) is 1. The van der Waals surface area contributed by atoms with Crippen LogP contribution in [0.2, 0.25) is 0 Å². The van der Waals surface area contributed by atoms with E-state index in [0.29, 0.717) is 12.1 Å². The van der Waals surface area contributed by atoms with E-state index >= 15 is 0 Å². The van der Waals surface area contributed by atoms with Gasteiger partial charge in [-0.2, -0.15) is 0 Å². The first-order chi connectivity index (χ1) is 9.02. The minimum atomic E-state index is -1.24. The average molecular weight is 262 g/mol. The number of aliphatic hydroxyl groups is 1. The maximum atomic E-state index is 12.0. The normalized spacial score (nSPS) is 39.5. The number of hydrogen-bond acceptors (Lipinski definition) is 3. The van der Waals surface area contributed by atoms with Gasteiger partial charge in [0.1, 0.15) is 11.7 Å². The van der Waals surface area contributed by atoms with E-state index in [2.05, 4.69) is 10.6 Å². The predicted molar refractivity (Wildman–Crippen MR) is 64.4 cm³/mol. The van der Waals surface area contributed by atoms with Gasteiger partial charge in [-0.05, 0) is 12.1 Å². The van der Waals surface area contributed by atoms with Crippen molar-refractivity contribution in [2.24, 2.45) is 0 Å². The Kier molecular flexibility index (Phi) is 1.78. The van der Waals surface area contributed by atoms with Crippen molar-refractivity contribution in [3.8, 4) is 0 Å². The molecule has 100 valence electrons. The Bertz CT molecular complexity index is 598. The highest BCUT2D eigenvalue weighted by atomic mass is 16.3. The number of nitrogens with one attached hydrogen (secondary N) is 2. The summed E-state index contributed by atoms with van der Waals surface area (Å²) in [4.78, 5) is 25.0. The van der Waals surface area contributed by atoms with Crippen LogP contribution in [0.15, 0.2) is 18.3 Å². The van der Waals surface area contributed by atoms with Crippen molar-refractivity contribution in [2.45, 2.75) is 30.3 Å². The quantitative estimate of drug-likeness (QED) is 0.575. The molecule has 1 aromatic heterocycles. The number of aromatic nitrogens is 1. The molecule has 4 atom stereocenters. The number of rotatable bonds is 0. The largest absolute Gasteiger partial charge is 0.368 e. The Morgan fingerprint density at radius 2 is 2.21 bits per heavy atom. The molecule has 1 saturated carbocycles. The van der Waals surface area contributed by atoms with E-state index in [9.17, 15) is 14.7 Å². The van der Waals surface area contributed by atoms with Crippen LogP contribution < -0.4 is 10.6 Å². The Balaban J connectivity index is 1.81. The average Bonchev–Trinajstić information content (AvgIpc) is 3.00. The van der Waals surface area contributed by atoms with E-state index in [0.717, 1.165) is 0 Å². The third kappa shape index (κ3) is 1.11. The van der Waals surface area contributed by atoms with Gasteiger partial charge in [0.2, 0.25) is 0 Å². The van der Waals surface area contributed by atoms with Gasteiger partial charge in [0.05, 0.1) is 12.1 Å². The first kappa shape index (κ1) is 10.9. The maximum Gasteiger partial charge on any atom is 0.319 e. The van der Waals surface area contributed by atoms with Gasteiger partial charge in [-0.15, -0.1) is 0 Å². The molecule has 1 aromatic rings. The Morgan fingerprint density at radius 3 is 3.00 bits per heavy atom. The SMILES string of the molecule is CN1C(=O)N[C@H]2[C@@H]3NC(=O)c4cccn4[C@@H]3C[C@]21O. The van der Waals surface area contributed by atoms with E-state index in [1.807, 2.05) is 16.8 Å². The molecule has 0 bridgehead atoms. The lowest BCUT2D eigenvalue weighted by molar-refractivity contribution is -0.0561. The minimum Gasteiger partial charge on any atom is -0.368 e. The fourth-order valence-corrected chi connectivity index (χ4v) is 3.58. The van der Waals surface area contributed by atoms with Crippen LogP contribution in [-0.2, 0) is 0 Å². The lowest BCUT2D eigenvalue weighted by atomic mass is 10.1. The summed E-state index contributed by atoms with van der Waals surface area (Å²) in [6.45, 7) is 0. The van der Waals surface area contributed by atoms with Gasteiger partial charge in [0, 0.05) is 19.7 Å². The Morgan fingerprint density at radius 1 is 1.42 bits per heavy atom.